The van der Waals surface area contributed by atoms with Gasteiger partial charge in [0.25, 0.3) is 0 Å². The SMILES string of the molecule is CCO[C@@H]1C[C@H](N(C)C(=O)N[C@@H](C)c2nncn2C)C12CCCC2. The minimum atomic E-state index is -0.172. The van der Waals surface area contributed by atoms with Crippen LogP contribution in [-0.4, -0.2) is 51.5 Å². The van der Waals surface area contributed by atoms with Crippen molar-refractivity contribution in [2.75, 3.05) is 13.7 Å². The van der Waals surface area contributed by atoms with Gasteiger partial charge in [-0.05, 0) is 33.1 Å². The molecule has 2 fully saturated rings. The van der Waals surface area contributed by atoms with Crippen molar-refractivity contribution in [1.82, 2.24) is 25.0 Å². The smallest absolute Gasteiger partial charge is 0.317 e. The fraction of sp³-hybridized carbons (Fsp3) is 0.824. The number of rotatable bonds is 5. The Kier molecular flexibility index (Phi) is 4.80. The Morgan fingerprint density at radius 2 is 2.25 bits per heavy atom. The quantitative estimate of drug-likeness (QED) is 0.896. The lowest BCUT2D eigenvalue weighted by molar-refractivity contribution is -0.151. The van der Waals surface area contributed by atoms with Crippen molar-refractivity contribution in [2.24, 2.45) is 12.5 Å². The predicted molar refractivity (Wildman–Crippen MR) is 90.4 cm³/mol. The van der Waals surface area contributed by atoms with Gasteiger partial charge in [-0.1, -0.05) is 12.8 Å². The Bertz CT molecular complexity index is 581. The molecular weight excluding hydrogens is 306 g/mol. The average Bonchev–Trinajstić information content (AvgIpc) is 3.20. The van der Waals surface area contributed by atoms with Gasteiger partial charge in [-0.2, -0.15) is 0 Å². The van der Waals surface area contributed by atoms with E-state index in [1.807, 2.05) is 30.5 Å². The molecule has 2 saturated carbocycles. The van der Waals surface area contributed by atoms with Gasteiger partial charge in [-0.25, -0.2) is 4.79 Å². The van der Waals surface area contributed by atoms with Gasteiger partial charge in [0.05, 0.1) is 12.1 Å². The van der Waals surface area contributed by atoms with Crippen LogP contribution in [0.3, 0.4) is 0 Å². The van der Waals surface area contributed by atoms with Gasteiger partial charge in [0.15, 0.2) is 5.82 Å². The van der Waals surface area contributed by atoms with Crippen LogP contribution in [0.25, 0.3) is 0 Å². The minimum absolute atomic E-state index is 0.0447. The molecule has 0 saturated heterocycles. The second kappa shape index (κ2) is 6.70. The molecule has 2 aliphatic rings. The normalized spacial score (nSPS) is 26.2. The highest BCUT2D eigenvalue weighted by molar-refractivity contribution is 5.75. The number of nitrogens with zero attached hydrogens (tertiary/aromatic N) is 4. The van der Waals surface area contributed by atoms with E-state index in [1.165, 1.54) is 25.7 Å². The highest BCUT2D eigenvalue weighted by Gasteiger charge is 2.58. The zero-order valence-corrected chi connectivity index (χ0v) is 15.2. The Labute approximate surface area is 143 Å². The first kappa shape index (κ1) is 17.2. The molecule has 0 radical (unpaired) electrons. The van der Waals surface area contributed by atoms with Crippen LogP contribution < -0.4 is 5.32 Å². The molecule has 2 amide bonds. The molecule has 1 aromatic rings. The molecule has 2 aliphatic carbocycles. The molecule has 3 atom stereocenters. The molecule has 3 rings (SSSR count). The molecule has 134 valence electrons. The molecule has 1 N–H and O–H groups in total. The fourth-order valence-electron chi connectivity index (χ4n) is 4.57. The summed E-state index contributed by atoms with van der Waals surface area (Å²) < 4.78 is 7.78. The van der Waals surface area contributed by atoms with Crippen LogP contribution in [0.4, 0.5) is 4.79 Å². The lowest BCUT2D eigenvalue weighted by Gasteiger charge is -2.56. The van der Waals surface area contributed by atoms with E-state index in [2.05, 4.69) is 22.4 Å². The van der Waals surface area contributed by atoms with Gasteiger partial charge >= 0.3 is 6.03 Å². The standard InChI is InChI=1S/C17H29N5O2/c1-5-24-14-10-13(17(14)8-6-7-9-17)22(4)16(23)19-12(2)15-20-18-11-21(15)3/h11-14H,5-10H2,1-4H3,(H,19,23)/t12-,13-,14+/m0/s1. The lowest BCUT2D eigenvalue weighted by Crippen LogP contribution is -2.65. The molecule has 7 nitrogen and oxygen atoms in total. The average molecular weight is 335 g/mol. The summed E-state index contributed by atoms with van der Waals surface area (Å²) >= 11 is 0. The zero-order valence-electron chi connectivity index (χ0n) is 15.2. The Balaban J connectivity index is 1.64. The van der Waals surface area contributed by atoms with Crippen molar-refractivity contribution in [2.45, 2.75) is 64.1 Å². The maximum absolute atomic E-state index is 12.7. The van der Waals surface area contributed by atoms with E-state index in [1.54, 1.807) is 6.33 Å². The topological polar surface area (TPSA) is 72.3 Å². The third-order valence-electron chi connectivity index (χ3n) is 5.91. The predicted octanol–water partition coefficient (Wildman–Crippen LogP) is 2.26. The summed E-state index contributed by atoms with van der Waals surface area (Å²) in [4.78, 5) is 14.6. The first-order valence-electron chi connectivity index (χ1n) is 8.98. The van der Waals surface area contributed by atoms with Crippen LogP contribution in [0.1, 0.15) is 57.8 Å². The number of aromatic nitrogens is 3. The van der Waals surface area contributed by atoms with Crippen molar-refractivity contribution in [3.8, 4) is 0 Å². The van der Waals surface area contributed by atoms with Crippen molar-refractivity contribution in [1.29, 1.82) is 0 Å². The molecule has 1 heterocycles. The van der Waals surface area contributed by atoms with Crippen LogP contribution in [0.5, 0.6) is 0 Å². The molecule has 7 heteroatoms. The number of hydrogen-bond acceptors (Lipinski definition) is 4. The largest absolute Gasteiger partial charge is 0.378 e. The number of urea groups is 1. The summed E-state index contributed by atoms with van der Waals surface area (Å²) in [6.07, 6.45) is 7.71. The highest BCUT2D eigenvalue weighted by atomic mass is 16.5. The third-order valence-corrected chi connectivity index (χ3v) is 5.91. The minimum Gasteiger partial charge on any atom is -0.378 e. The fourth-order valence-corrected chi connectivity index (χ4v) is 4.57. The van der Waals surface area contributed by atoms with E-state index in [0.717, 1.165) is 18.9 Å². The number of carbonyl (C=O) groups is 1. The maximum atomic E-state index is 12.7. The summed E-state index contributed by atoms with van der Waals surface area (Å²) in [6.45, 7) is 4.73. The van der Waals surface area contributed by atoms with Crippen LogP contribution >= 0.6 is 0 Å². The summed E-state index contributed by atoms with van der Waals surface area (Å²) in [5.74, 6) is 0.758. The molecule has 0 aliphatic heterocycles. The first-order chi connectivity index (χ1) is 11.5. The van der Waals surface area contributed by atoms with E-state index < -0.39 is 0 Å². The molecule has 1 spiro atoms. The molecule has 24 heavy (non-hydrogen) atoms. The molecule has 1 aromatic heterocycles. The van der Waals surface area contributed by atoms with E-state index in [0.29, 0.717) is 6.10 Å². The van der Waals surface area contributed by atoms with Crippen molar-refractivity contribution in [3.05, 3.63) is 12.2 Å². The van der Waals surface area contributed by atoms with Crippen LogP contribution in [0.2, 0.25) is 0 Å². The number of nitrogens with one attached hydrogen (secondary N) is 1. The van der Waals surface area contributed by atoms with Crippen LogP contribution in [0.15, 0.2) is 6.33 Å². The molecule has 0 bridgehead atoms. The van der Waals surface area contributed by atoms with Gasteiger partial charge in [0.2, 0.25) is 0 Å². The van der Waals surface area contributed by atoms with Crippen LogP contribution in [0, 0.1) is 5.41 Å². The monoisotopic (exact) mass is 335 g/mol. The van der Waals surface area contributed by atoms with Gasteiger partial charge in [0, 0.05) is 32.2 Å². The summed E-state index contributed by atoms with van der Waals surface area (Å²) in [7, 11) is 3.79. The summed E-state index contributed by atoms with van der Waals surface area (Å²) in [6, 6.07) is 0.0507. The number of hydrogen-bond donors (Lipinski definition) is 1. The van der Waals surface area contributed by atoms with E-state index in [9.17, 15) is 4.79 Å². The number of ether oxygens (including phenoxy) is 1. The van der Waals surface area contributed by atoms with Gasteiger partial charge in [-0.3, -0.25) is 0 Å². The third kappa shape index (κ3) is 2.79. The van der Waals surface area contributed by atoms with E-state index in [4.69, 9.17) is 4.74 Å². The summed E-state index contributed by atoms with van der Waals surface area (Å²) in [5.41, 5.74) is 0.163. The highest BCUT2D eigenvalue weighted by Crippen LogP contribution is 2.56. The lowest BCUT2D eigenvalue weighted by atomic mass is 9.60. The van der Waals surface area contributed by atoms with Gasteiger partial charge in [-0.15, -0.1) is 10.2 Å². The molecule has 0 unspecified atom stereocenters. The van der Waals surface area contributed by atoms with E-state index in [-0.39, 0.29) is 23.5 Å². The van der Waals surface area contributed by atoms with Crippen LogP contribution in [-0.2, 0) is 11.8 Å². The Morgan fingerprint density at radius 1 is 1.54 bits per heavy atom. The Morgan fingerprint density at radius 3 is 2.83 bits per heavy atom. The number of aryl methyl sites for hydroxylation is 1. The van der Waals surface area contributed by atoms with Crippen molar-refractivity contribution < 1.29 is 9.53 Å². The van der Waals surface area contributed by atoms with Gasteiger partial charge < -0.3 is 19.5 Å². The second-order valence-corrected chi connectivity index (χ2v) is 7.22. The molecule has 0 aromatic carbocycles. The van der Waals surface area contributed by atoms with Gasteiger partial charge in [0.1, 0.15) is 6.33 Å². The van der Waals surface area contributed by atoms with E-state index >= 15 is 0 Å². The van der Waals surface area contributed by atoms with Crippen molar-refractivity contribution in [3.63, 3.8) is 0 Å². The second-order valence-electron chi connectivity index (χ2n) is 7.22. The summed E-state index contributed by atoms with van der Waals surface area (Å²) in [5, 5.41) is 11.0. The number of amides is 2. The number of carbonyl (C=O) groups excluding carboxylic acids is 1. The Hall–Kier alpha value is -1.63. The first-order valence-corrected chi connectivity index (χ1v) is 8.98. The zero-order chi connectivity index (χ0) is 17.3. The molecular formula is C17H29N5O2. The maximum Gasteiger partial charge on any atom is 0.317 e. The van der Waals surface area contributed by atoms with Crippen molar-refractivity contribution >= 4 is 6.03 Å².